The van der Waals surface area contributed by atoms with Crippen LogP contribution in [0.3, 0.4) is 0 Å². The maximum atomic E-state index is 6.29. The van der Waals surface area contributed by atoms with E-state index < -0.39 is 0 Å². The highest BCUT2D eigenvalue weighted by molar-refractivity contribution is 5.80. The van der Waals surface area contributed by atoms with Crippen LogP contribution in [0.25, 0.3) is 10.9 Å². The first-order valence-corrected chi connectivity index (χ1v) is 10.3. The molecule has 0 bridgehead atoms. The number of nitrogens with one attached hydrogen (secondary N) is 1. The monoisotopic (exact) mass is 382 g/mol. The predicted molar refractivity (Wildman–Crippen MR) is 113 cm³/mol. The summed E-state index contributed by atoms with van der Waals surface area (Å²) in [6.07, 6.45) is 6.94. The van der Waals surface area contributed by atoms with E-state index in [9.17, 15) is 0 Å². The van der Waals surface area contributed by atoms with Gasteiger partial charge in [-0.05, 0) is 65.6 Å². The molecule has 2 aromatic carbocycles. The van der Waals surface area contributed by atoms with Gasteiger partial charge < -0.3 is 14.5 Å². The van der Waals surface area contributed by atoms with Crippen molar-refractivity contribution in [3.05, 3.63) is 89.2 Å². The maximum absolute atomic E-state index is 6.29. The van der Waals surface area contributed by atoms with Crippen molar-refractivity contribution in [1.29, 1.82) is 0 Å². The molecule has 4 heteroatoms. The summed E-state index contributed by atoms with van der Waals surface area (Å²) in [7, 11) is 0. The summed E-state index contributed by atoms with van der Waals surface area (Å²) in [5.74, 6) is 2.13. The number of aromatic amines is 1. The fourth-order valence-electron chi connectivity index (χ4n) is 4.55. The van der Waals surface area contributed by atoms with Crippen molar-refractivity contribution in [2.75, 3.05) is 6.61 Å². The molecule has 2 unspecified atom stereocenters. The Bertz CT molecular complexity index is 1200. The van der Waals surface area contributed by atoms with Crippen molar-refractivity contribution < 1.29 is 9.47 Å². The number of ether oxygens (including phenoxy) is 2. The van der Waals surface area contributed by atoms with Gasteiger partial charge in [0, 0.05) is 29.4 Å². The van der Waals surface area contributed by atoms with Crippen LogP contribution in [-0.2, 0) is 12.8 Å². The van der Waals surface area contributed by atoms with E-state index in [0.717, 1.165) is 36.4 Å². The van der Waals surface area contributed by atoms with Crippen LogP contribution < -0.4 is 9.47 Å². The van der Waals surface area contributed by atoms with E-state index >= 15 is 0 Å². The fourth-order valence-corrected chi connectivity index (χ4v) is 4.55. The summed E-state index contributed by atoms with van der Waals surface area (Å²) in [4.78, 5) is 7.98. The highest BCUT2D eigenvalue weighted by Gasteiger charge is 2.26. The van der Waals surface area contributed by atoms with Gasteiger partial charge in [0.1, 0.15) is 11.9 Å². The molecule has 0 saturated heterocycles. The Labute approximate surface area is 169 Å². The van der Waals surface area contributed by atoms with E-state index in [1.807, 2.05) is 18.5 Å². The minimum atomic E-state index is 0.0541. The van der Waals surface area contributed by atoms with Gasteiger partial charge in [-0.25, -0.2) is 4.98 Å². The summed E-state index contributed by atoms with van der Waals surface area (Å²) >= 11 is 0. The molecule has 2 aromatic heterocycles. The first kappa shape index (κ1) is 16.7. The first-order valence-electron chi connectivity index (χ1n) is 10.3. The fraction of sp³-hybridized carbons (Fsp3) is 0.240. The topological polar surface area (TPSA) is 47.1 Å². The van der Waals surface area contributed by atoms with E-state index in [-0.39, 0.29) is 6.10 Å². The number of para-hydroxylation sites is 1. The Morgan fingerprint density at radius 2 is 1.93 bits per heavy atom. The molecular weight excluding hydrogens is 360 g/mol. The first-order chi connectivity index (χ1) is 14.3. The van der Waals surface area contributed by atoms with Crippen molar-refractivity contribution in [2.24, 2.45) is 0 Å². The highest BCUT2D eigenvalue weighted by atomic mass is 16.5. The van der Waals surface area contributed by atoms with Gasteiger partial charge in [0.05, 0.1) is 6.61 Å². The lowest BCUT2D eigenvalue weighted by Gasteiger charge is -2.28. The number of fused-ring (bicyclic) bond motifs is 3. The molecule has 0 amide bonds. The van der Waals surface area contributed by atoms with Crippen LogP contribution in [-0.4, -0.2) is 16.6 Å². The van der Waals surface area contributed by atoms with Crippen LogP contribution in [0, 0.1) is 0 Å². The molecule has 0 fully saturated rings. The molecule has 0 spiro atoms. The second-order valence-electron chi connectivity index (χ2n) is 8.02. The molecule has 6 rings (SSSR count). The molecule has 29 heavy (non-hydrogen) atoms. The SMILES string of the molecule is c1ccc2c(c1)CC(c1cnc3c(c1)CCC(c1ccc4cc[nH]c4c1)O3)CO2. The minimum absolute atomic E-state index is 0.0541. The van der Waals surface area contributed by atoms with Crippen LogP contribution in [0.5, 0.6) is 11.6 Å². The lowest BCUT2D eigenvalue weighted by atomic mass is 9.89. The van der Waals surface area contributed by atoms with Crippen LogP contribution in [0.15, 0.2) is 67.0 Å². The molecule has 2 aliphatic rings. The largest absolute Gasteiger partial charge is 0.493 e. The average Bonchev–Trinajstić information content (AvgIpc) is 3.26. The van der Waals surface area contributed by atoms with Crippen molar-refractivity contribution in [3.8, 4) is 11.6 Å². The van der Waals surface area contributed by atoms with E-state index in [1.165, 1.54) is 27.6 Å². The summed E-state index contributed by atoms with van der Waals surface area (Å²) in [6, 6.07) is 19.2. The zero-order chi connectivity index (χ0) is 19.2. The van der Waals surface area contributed by atoms with E-state index in [0.29, 0.717) is 12.5 Å². The van der Waals surface area contributed by atoms with Crippen molar-refractivity contribution >= 4 is 10.9 Å². The number of aromatic nitrogens is 2. The lowest BCUT2D eigenvalue weighted by molar-refractivity contribution is 0.167. The van der Waals surface area contributed by atoms with E-state index in [1.54, 1.807) is 0 Å². The maximum Gasteiger partial charge on any atom is 0.217 e. The van der Waals surface area contributed by atoms with E-state index in [2.05, 4.69) is 53.5 Å². The molecule has 144 valence electrons. The molecule has 2 aliphatic heterocycles. The van der Waals surface area contributed by atoms with Crippen LogP contribution in [0.2, 0.25) is 0 Å². The van der Waals surface area contributed by atoms with Gasteiger partial charge in [-0.2, -0.15) is 0 Å². The molecule has 0 radical (unpaired) electrons. The molecule has 4 heterocycles. The van der Waals surface area contributed by atoms with E-state index in [4.69, 9.17) is 14.5 Å². The van der Waals surface area contributed by atoms with Gasteiger partial charge >= 0.3 is 0 Å². The number of hydrogen-bond acceptors (Lipinski definition) is 3. The second kappa shape index (κ2) is 6.66. The summed E-state index contributed by atoms with van der Waals surface area (Å²) in [5.41, 5.74) is 6.08. The minimum Gasteiger partial charge on any atom is -0.493 e. The van der Waals surface area contributed by atoms with Crippen molar-refractivity contribution in [2.45, 2.75) is 31.3 Å². The number of benzene rings is 2. The summed E-state index contributed by atoms with van der Waals surface area (Å²) < 4.78 is 12.3. The lowest BCUT2D eigenvalue weighted by Crippen LogP contribution is -2.21. The Hall–Kier alpha value is -3.27. The predicted octanol–water partition coefficient (Wildman–Crippen LogP) is 5.35. The molecule has 2 atom stereocenters. The number of nitrogens with zero attached hydrogens (tertiary/aromatic N) is 1. The normalized spacial score (nSPS) is 20.4. The number of H-pyrrole nitrogens is 1. The quantitative estimate of drug-likeness (QED) is 0.508. The standard InChI is InChI=1S/C25H22N2O2/c1-2-4-23-17(3-1)11-21(15-28-23)20-12-19-7-8-24(29-25(19)27-14-20)18-6-5-16-9-10-26-22(16)13-18/h1-6,9-10,12-14,21,24,26H,7-8,11,15H2. The molecule has 4 nitrogen and oxygen atoms in total. The molecular formula is C25H22N2O2. The summed E-state index contributed by atoms with van der Waals surface area (Å²) in [5, 5.41) is 1.23. The third kappa shape index (κ3) is 2.96. The highest BCUT2D eigenvalue weighted by Crippen LogP contribution is 2.37. The van der Waals surface area contributed by atoms with Gasteiger partial charge in [-0.15, -0.1) is 0 Å². The van der Waals surface area contributed by atoms with Crippen LogP contribution in [0.4, 0.5) is 0 Å². The zero-order valence-corrected chi connectivity index (χ0v) is 16.1. The molecule has 4 aromatic rings. The second-order valence-corrected chi connectivity index (χ2v) is 8.02. The molecule has 0 saturated carbocycles. The average molecular weight is 382 g/mol. The van der Waals surface area contributed by atoms with Crippen LogP contribution in [0.1, 0.15) is 40.7 Å². The van der Waals surface area contributed by atoms with Crippen molar-refractivity contribution in [3.63, 3.8) is 0 Å². The third-order valence-corrected chi connectivity index (χ3v) is 6.18. The van der Waals surface area contributed by atoms with Gasteiger partial charge in [0.25, 0.3) is 0 Å². The van der Waals surface area contributed by atoms with Gasteiger partial charge in [-0.1, -0.05) is 30.3 Å². The Morgan fingerprint density at radius 3 is 2.93 bits per heavy atom. The number of aryl methyl sites for hydroxylation is 1. The van der Waals surface area contributed by atoms with Crippen molar-refractivity contribution in [1.82, 2.24) is 9.97 Å². The molecule has 1 N–H and O–H groups in total. The van der Waals surface area contributed by atoms with Crippen LogP contribution >= 0.6 is 0 Å². The Balaban J connectivity index is 1.24. The number of rotatable bonds is 2. The zero-order valence-electron chi connectivity index (χ0n) is 16.1. The van der Waals surface area contributed by atoms with Gasteiger partial charge in [0.2, 0.25) is 5.88 Å². The molecule has 0 aliphatic carbocycles. The smallest absolute Gasteiger partial charge is 0.217 e. The summed E-state index contributed by atoms with van der Waals surface area (Å²) in [6.45, 7) is 0.705. The third-order valence-electron chi connectivity index (χ3n) is 6.18. The van der Waals surface area contributed by atoms with Gasteiger partial charge in [-0.3, -0.25) is 0 Å². The number of hydrogen-bond donors (Lipinski definition) is 1. The van der Waals surface area contributed by atoms with Gasteiger partial charge in [0.15, 0.2) is 0 Å². The number of pyridine rings is 1. The Morgan fingerprint density at radius 1 is 0.966 bits per heavy atom. The Kier molecular flexibility index (Phi) is 3.83.